The van der Waals surface area contributed by atoms with Crippen LogP contribution in [0.2, 0.25) is 0 Å². The number of thioether (sulfide) groups is 1. The first-order chi connectivity index (χ1) is 11.6. The van der Waals surface area contributed by atoms with Crippen LogP contribution in [0.15, 0.2) is 38.7 Å². The quantitative estimate of drug-likeness (QED) is 0.564. The summed E-state index contributed by atoms with van der Waals surface area (Å²) in [6.45, 7) is 3.74. The molecule has 8 heteroatoms. The molecule has 0 saturated carbocycles. The van der Waals surface area contributed by atoms with Gasteiger partial charge in [0.1, 0.15) is 5.82 Å². The Morgan fingerprint density at radius 2 is 2.00 bits per heavy atom. The zero-order valence-corrected chi connectivity index (χ0v) is 14.0. The van der Waals surface area contributed by atoms with Crippen LogP contribution >= 0.6 is 11.8 Å². The molecule has 0 aliphatic heterocycles. The van der Waals surface area contributed by atoms with Gasteiger partial charge in [-0.2, -0.15) is 4.98 Å². The second-order valence-electron chi connectivity index (χ2n) is 5.10. The first-order valence-corrected chi connectivity index (χ1v) is 8.36. The smallest absolute Gasteiger partial charge is 0.254 e. The fourth-order valence-electron chi connectivity index (χ4n) is 2.23. The summed E-state index contributed by atoms with van der Waals surface area (Å²) in [6, 6.07) is 5.85. The van der Waals surface area contributed by atoms with Crippen LogP contribution in [0.3, 0.4) is 0 Å². The van der Waals surface area contributed by atoms with Gasteiger partial charge in [-0.3, -0.25) is 4.79 Å². The van der Waals surface area contributed by atoms with E-state index >= 15 is 0 Å². The highest BCUT2D eigenvalue weighted by Gasteiger charge is 2.11. The van der Waals surface area contributed by atoms with Crippen LogP contribution in [-0.4, -0.2) is 20.1 Å². The Kier molecular flexibility index (Phi) is 4.75. The number of nitrogens with zero attached hydrogens (tertiary/aromatic N) is 3. The highest BCUT2D eigenvalue weighted by Crippen LogP contribution is 2.21. The number of hydrogen-bond acceptors (Lipinski definition) is 6. The Bertz CT molecular complexity index is 905. The van der Waals surface area contributed by atoms with Crippen LogP contribution in [0.25, 0.3) is 11.4 Å². The minimum atomic E-state index is -0.320. The lowest BCUT2D eigenvalue weighted by atomic mass is 10.2. The summed E-state index contributed by atoms with van der Waals surface area (Å²) >= 11 is 1.31. The van der Waals surface area contributed by atoms with Crippen LogP contribution in [0.1, 0.15) is 24.1 Å². The number of rotatable bonds is 5. The predicted molar refractivity (Wildman–Crippen MR) is 88.2 cm³/mol. The summed E-state index contributed by atoms with van der Waals surface area (Å²) in [6.07, 6.45) is 0.643. The highest BCUT2D eigenvalue weighted by molar-refractivity contribution is 7.98. The Labute approximate surface area is 141 Å². The maximum Gasteiger partial charge on any atom is 0.254 e. The van der Waals surface area contributed by atoms with Crippen LogP contribution < -0.4 is 5.56 Å². The van der Waals surface area contributed by atoms with Gasteiger partial charge in [0.25, 0.3) is 5.56 Å². The first kappa shape index (κ1) is 16.4. The number of benzene rings is 1. The number of halogens is 1. The summed E-state index contributed by atoms with van der Waals surface area (Å²) < 4.78 is 18.1. The molecular weight excluding hydrogens is 331 g/mol. The summed E-state index contributed by atoms with van der Waals surface area (Å²) in [7, 11) is 0. The molecule has 0 fully saturated rings. The van der Waals surface area contributed by atoms with Gasteiger partial charge in [0.05, 0.1) is 5.75 Å². The number of hydrogen-bond donors (Lipinski definition) is 1. The van der Waals surface area contributed by atoms with Crippen molar-refractivity contribution in [3.8, 4) is 11.4 Å². The van der Waals surface area contributed by atoms with Gasteiger partial charge in [-0.1, -0.05) is 23.8 Å². The van der Waals surface area contributed by atoms with Crippen molar-refractivity contribution >= 4 is 11.8 Å². The normalized spacial score (nSPS) is 11.0. The first-order valence-electron chi connectivity index (χ1n) is 7.38. The maximum absolute atomic E-state index is 12.9. The Hall–Kier alpha value is -2.48. The third kappa shape index (κ3) is 3.53. The minimum absolute atomic E-state index is 0.120. The molecule has 1 N–H and O–H groups in total. The molecule has 3 aromatic rings. The van der Waals surface area contributed by atoms with E-state index in [1.807, 2.05) is 13.8 Å². The van der Waals surface area contributed by atoms with Crippen LogP contribution in [-0.2, 0) is 12.2 Å². The fraction of sp³-hybridized carbons (Fsp3) is 0.250. The summed E-state index contributed by atoms with van der Waals surface area (Å²) in [4.78, 5) is 23.3. The largest absolute Gasteiger partial charge is 0.338 e. The molecule has 2 heterocycles. The topological polar surface area (TPSA) is 84.7 Å². The summed E-state index contributed by atoms with van der Waals surface area (Å²) in [5, 5.41) is 4.39. The van der Waals surface area contributed by atoms with Crippen LogP contribution in [0.5, 0.6) is 0 Å². The maximum atomic E-state index is 12.9. The van der Waals surface area contributed by atoms with E-state index in [-0.39, 0.29) is 11.4 Å². The second kappa shape index (κ2) is 6.96. The van der Waals surface area contributed by atoms with Gasteiger partial charge < -0.3 is 9.51 Å². The van der Waals surface area contributed by atoms with Gasteiger partial charge in [-0.15, -0.1) is 0 Å². The average molecular weight is 346 g/mol. The Morgan fingerprint density at radius 3 is 2.67 bits per heavy atom. The molecule has 3 rings (SSSR count). The third-order valence-corrected chi connectivity index (χ3v) is 4.32. The fourth-order valence-corrected chi connectivity index (χ4v) is 2.97. The van der Waals surface area contributed by atoms with Crippen molar-refractivity contribution in [2.24, 2.45) is 0 Å². The lowest BCUT2D eigenvalue weighted by molar-refractivity contribution is 0.391. The minimum Gasteiger partial charge on any atom is -0.338 e. The van der Waals surface area contributed by atoms with Gasteiger partial charge in [0.2, 0.25) is 11.7 Å². The van der Waals surface area contributed by atoms with Crippen molar-refractivity contribution in [1.82, 2.24) is 20.1 Å². The number of aryl methyl sites for hydroxylation is 1. The molecular formula is C16H15FN4O2S. The zero-order chi connectivity index (χ0) is 17.1. The monoisotopic (exact) mass is 346 g/mol. The molecule has 0 spiro atoms. The van der Waals surface area contributed by atoms with E-state index in [4.69, 9.17) is 4.52 Å². The number of H-pyrrole nitrogens is 1. The molecule has 6 nitrogen and oxygen atoms in total. The number of aromatic nitrogens is 4. The highest BCUT2D eigenvalue weighted by atomic mass is 32.2. The zero-order valence-electron chi connectivity index (χ0n) is 13.2. The van der Waals surface area contributed by atoms with Gasteiger partial charge >= 0.3 is 0 Å². The summed E-state index contributed by atoms with van der Waals surface area (Å²) in [5.74, 6) is 0.852. The average Bonchev–Trinajstić information content (AvgIpc) is 3.02. The van der Waals surface area contributed by atoms with E-state index in [1.54, 1.807) is 12.1 Å². The van der Waals surface area contributed by atoms with Crippen molar-refractivity contribution in [2.45, 2.75) is 31.2 Å². The molecule has 0 bridgehead atoms. The van der Waals surface area contributed by atoms with E-state index in [1.165, 1.54) is 23.9 Å². The van der Waals surface area contributed by atoms with E-state index in [0.717, 1.165) is 5.69 Å². The van der Waals surface area contributed by atoms with E-state index < -0.39 is 0 Å². The molecule has 0 unspecified atom stereocenters. The molecule has 0 atom stereocenters. The van der Waals surface area contributed by atoms with E-state index in [2.05, 4.69) is 20.1 Å². The molecule has 0 radical (unpaired) electrons. The standard InChI is InChI=1S/C16H15FN4O2S/c1-3-12-9(2)18-16(20-15(12)22)24-8-13-19-14(21-23-13)10-4-6-11(17)7-5-10/h4-7H,3,8H2,1-2H3,(H,18,20,22). The number of nitrogens with one attached hydrogen (secondary N) is 1. The molecule has 124 valence electrons. The molecule has 2 aromatic heterocycles. The lowest BCUT2D eigenvalue weighted by Gasteiger charge is -2.03. The third-order valence-electron chi connectivity index (χ3n) is 3.46. The van der Waals surface area contributed by atoms with Gasteiger partial charge in [-0.25, -0.2) is 9.37 Å². The SMILES string of the molecule is CCc1c(C)nc(SCc2nc(-c3ccc(F)cc3)no2)[nH]c1=O. The van der Waals surface area contributed by atoms with Crippen molar-refractivity contribution in [3.05, 3.63) is 57.6 Å². The number of aromatic amines is 1. The lowest BCUT2D eigenvalue weighted by Crippen LogP contribution is -2.16. The Balaban J connectivity index is 1.72. The van der Waals surface area contributed by atoms with Crippen molar-refractivity contribution in [1.29, 1.82) is 0 Å². The molecule has 1 aromatic carbocycles. The van der Waals surface area contributed by atoms with Gasteiger partial charge in [0.15, 0.2) is 5.16 Å². The molecule has 0 amide bonds. The second-order valence-corrected chi connectivity index (χ2v) is 6.06. The molecule has 0 saturated heterocycles. The molecule has 0 aliphatic rings. The van der Waals surface area contributed by atoms with Crippen molar-refractivity contribution < 1.29 is 8.91 Å². The van der Waals surface area contributed by atoms with E-state index in [0.29, 0.717) is 40.2 Å². The Morgan fingerprint density at radius 1 is 1.25 bits per heavy atom. The van der Waals surface area contributed by atoms with Crippen molar-refractivity contribution in [2.75, 3.05) is 0 Å². The molecule has 24 heavy (non-hydrogen) atoms. The van der Waals surface area contributed by atoms with E-state index in [9.17, 15) is 9.18 Å². The van der Waals surface area contributed by atoms with Crippen LogP contribution in [0.4, 0.5) is 4.39 Å². The molecule has 0 aliphatic carbocycles. The van der Waals surface area contributed by atoms with Crippen molar-refractivity contribution in [3.63, 3.8) is 0 Å². The van der Waals surface area contributed by atoms with Gasteiger partial charge in [0, 0.05) is 16.8 Å². The predicted octanol–water partition coefficient (Wildman–Crippen LogP) is 3.12. The summed E-state index contributed by atoms with van der Waals surface area (Å²) in [5.41, 5.74) is 1.97. The van der Waals surface area contributed by atoms with Gasteiger partial charge in [-0.05, 0) is 37.6 Å². The van der Waals surface area contributed by atoms with Crippen LogP contribution in [0, 0.1) is 12.7 Å².